The molecular formula is C12H18FN3O2S2. The molecule has 112 valence electrons. The Morgan fingerprint density at radius 3 is 2.70 bits per heavy atom. The van der Waals surface area contributed by atoms with Crippen molar-refractivity contribution >= 4 is 27.2 Å². The fraction of sp³-hybridized carbons (Fsp3) is 0.417. The van der Waals surface area contributed by atoms with Gasteiger partial charge >= 0.3 is 0 Å². The lowest BCUT2D eigenvalue weighted by atomic mass is 10.2. The Bertz CT molecular complexity index is 590. The number of halogens is 1. The maximum atomic E-state index is 13.7. The first kappa shape index (κ1) is 17.0. The zero-order valence-electron chi connectivity index (χ0n) is 11.4. The molecule has 1 aromatic rings. The van der Waals surface area contributed by atoms with E-state index in [0.717, 1.165) is 12.6 Å². The van der Waals surface area contributed by atoms with E-state index in [1.54, 1.807) is 0 Å². The monoisotopic (exact) mass is 319 g/mol. The highest BCUT2D eigenvalue weighted by atomic mass is 32.2. The summed E-state index contributed by atoms with van der Waals surface area (Å²) < 4.78 is 40.4. The largest absolute Gasteiger partial charge is 0.389 e. The van der Waals surface area contributed by atoms with Crippen molar-refractivity contribution in [2.24, 2.45) is 5.73 Å². The Hall–Kier alpha value is -1.09. The minimum absolute atomic E-state index is 0.222. The first-order valence-electron chi connectivity index (χ1n) is 6.06. The number of hydrogen-bond donors (Lipinski definition) is 2. The van der Waals surface area contributed by atoms with Gasteiger partial charge in [0.05, 0.1) is 10.5 Å². The molecule has 20 heavy (non-hydrogen) atoms. The molecule has 5 nitrogen and oxygen atoms in total. The predicted molar refractivity (Wildman–Crippen MR) is 80.6 cm³/mol. The molecule has 0 saturated carbocycles. The molecule has 0 radical (unpaired) electrons. The van der Waals surface area contributed by atoms with E-state index in [0.29, 0.717) is 6.54 Å². The molecule has 0 bridgehead atoms. The lowest BCUT2D eigenvalue weighted by Crippen LogP contribution is -2.34. The highest BCUT2D eigenvalue weighted by Gasteiger charge is 2.22. The first-order chi connectivity index (χ1) is 9.29. The van der Waals surface area contributed by atoms with Gasteiger partial charge in [0, 0.05) is 13.1 Å². The van der Waals surface area contributed by atoms with Crippen molar-refractivity contribution in [2.45, 2.75) is 11.8 Å². The lowest BCUT2D eigenvalue weighted by Gasteiger charge is -2.15. The van der Waals surface area contributed by atoms with Gasteiger partial charge in [0.1, 0.15) is 10.8 Å². The zero-order chi connectivity index (χ0) is 15.3. The van der Waals surface area contributed by atoms with E-state index in [4.69, 9.17) is 18.0 Å². The summed E-state index contributed by atoms with van der Waals surface area (Å²) >= 11 is 4.72. The Morgan fingerprint density at radius 2 is 2.15 bits per heavy atom. The van der Waals surface area contributed by atoms with E-state index in [1.165, 1.54) is 12.1 Å². The van der Waals surface area contributed by atoms with Crippen LogP contribution in [0.25, 0.3) is 0 Å². The predicted octanol–water partition coefficient (Wildman–Crippen LogP) is 0.690. The Kier molecular flexibility index (Phi) is 6.00. The number of likely N-dealkylation sites (N-methyl/N-ethyl adjacent to an activating group) is 1. The molecule has 0 atom stereocenters. The van der Waals surface area contributed by atoms with Gasteiger partial charge in [-0.15, -0.1) is 0 Å². The van der Waals surface area contributed by atoms with Crippen LogP contribution in [0, 0.1) is 5.82 Å². The average molecular weight is 319 g/mol. The van der Waals surface area contributed by atoms with Crippen LogP contribution >= 0.6 is 12.2 Å². The summed E-state index contributed by atoms with van der Waals surface area (Å²) in [5.74, 6) is -0.744. The van der Waals surface area contributed by atoms with Crippen LogP contribution in [0.4, 0.5) is 4.39 Å². The topological polar surface area (TPSA) is 75.4 Å². The molecule has 3 N–H and O–H groups in total. The molecule has 0 unspecified atom stereocenters. The van der Waals surface area contributed by atoms with Crippen molar-refractivity contribution in [1.82, 2.24) is 9.62 Å². The molecule has 0 aromatic heterocycles. The summed E-state index contributed by atoms with van der Waals surface area (Å²) in [6.45, 7) is 3.54. The van der Waals surface area contributed by atoms with Gasteiger partial charge in [0.15, 0.2) is 0 Å². The van der Waals surface area contributed by atoms with Crippen LogP contribution in [0.15, 0.2) is 23.1 Å². The van der Waals surface area contributed by atoms with Gasteiger partial charge in [0.2, 0.25) is 10.0 Å². The Morgan fingerprint density at radius 1 is 1.50 bits per heavy atom. The maximum Gasteiger partial charge on any atom is 0.241 e. The molecule has 1 aromatic carbocycles. The third-order valence-electron chi connectivity index (χ3n) is 2.84. The van der Waals surface area contributed by atoms with E-state index in [2.05, 4.69) is 4.72 Å². The second-order valence-corrected chi connectivity index (χ2v) is 6.45. The fourth-order valence-electron chi connectivity index (χ4n) is 1.57. The zero-order valence-corrected chi connectivity index (χ0v) is 13.0. The molecule has 0 heterocycles. The van der Waals surface area contributed by atoms with Gasteiger partial charge in [-0.05, 0) is 25.7 Å². The number of nitrogens with two attached hydrogens (primary N) is 1. The normalized spacial score (nSPS) is 11.8. The minimum Gasteiger partial charge on any atom is -0.389 e. The van der Waals surface area contributed by atoms with E-state index in [9.17, 15) is 12.8 Å². The highest BCUT2D eigenvalue weighted by molar-refractivity contribution is 7.89. The summed E-state index contributed by atoms with van der Waals surface area (Å²) in [6, 6.07) is 3.71. The number of thiocarbonyl (C=S) groups is 1. The molecule has 8 heteroatoms. The first-order valence-corrected chi connectivity index (χ1v) is 7.95. The average Bonchev–Trinajstić information content (AvgIpc) is 2.37. The van der Waals surface area contributed by atoms with Crippen molar-refractivity contribution in [1.29, 1.82) is 0 Å². The van der Waals surface area contributed by atoms with Crippen LogP contribution in [0.3, 0.4) is 0 Å². The van der Waals surface area contributed by atoms with Crippen molar-refractivity contribution in [3.63, 3.8) is 0 Å². The smallest absolute Gasteiger partial charge is 0.241 e. The van der Waals surface area contributed by atoms with Crippen LogP contribution in [-0.2, 0) is 10.0 Å². The molecule has 0 saturated heterocycles. The molecule has 0 amide bonds. The van der Waals surface area contributed by atoms with Crippen LogP contribution in [0.5, 0.6) is 0 Å². The van der Waals surface area contributed by atoms with Crippen molar-refractivity contribution in [3.05, 3.63) is 29.6 Å². The Labute approximate surface area is 124 Å². The highest BCUT2D eigenvalue weighted by Crippen LogP contribution is 2.18. The number of sulfonamides is 1. The molecular weight excluding hydrogens is 301 g/mol. The quantitative estimate of drug-likeness (QED) is 0.723. The van der Waals surface area contributed by atoms with Crippen LogP contribution in [0.2, 0.25) is 0 Å². The maximum absolute atomic E-state index is 13.7. The lowest BCUT2D eigenvalue weighted by molar-refractivity contribution is 0.358. The summed E-state index contributed by atoms with van der Waals surface area (Å²) in [7, 11) is -1.97. The summed E-state index contributed by atoms with van der Waals surface area (Å²) in [4.78, 5) is 1.43. The third-order valence-corrected chi connectivity index (χ3v) is 4.54. The molecule has 0 aliphatic carbocycles. The van der Waals surface area contributed by atoms with Crippen molar-refractivity contribution in [2.75, 3.05) is 26.7 Å². The van der Waals surface area contributed by atoms with Gasteiger partial charge in [-0.3, -0.25) is 0 Å². The Balaban J connectivity index is 2.99. The van der Waals surface area contributed by atoms with E-state index in [1.807, 2.05) is 18.9 Å². The minimum atomic E-state index is -3.85. The SMILES string of the molecule is CCN(C)CCNS(=O)(=O)c1cccc(F)c1C(N)=S. The molecule has 0 spiro atoms. The third kappa shape index (κ3) is 4.20. The molecule has 1 rings (SSSR count). The second-order valence-electron chi connectivity index (χ2n) is 4.27. The van der Waals surface area contributed by atoms with Crippen molar-refractivity contribution in [3.8, 4) is 0 Å². The van der Waals surface area contributed by atoms with Crippen LogP contribution < -0.4 is 10.5 Å². The van der Waals surface area contributed by atoms with Crippen LogP contribution in [-0.4, -0.2) is 45.0 Å². The summed E-state index contributed by atoms with van der Waals surface area (Å²) in [5, 5.41) is 0. The number of rotatable bonds is 7. The number of benzene rings is 1. The molecule has 0 aliphatic heterocycles. The van der Waals surface area contributed by atoms with Gasteiger partial charge in [-0.1, -0.05) is 25.2 Å². The number of nitrogens with zero attached hydrogens (tertiary/aromatic N) is 1. The molecule has 0 fully saturated rings. The van der Waals surface area contributed by atoms with E-state index in [-0.39, 0.29) is 22.0 Å². The van der Waals surface area contributed by atoms with E-state index >= 15 is 0 Å². The second kappa shape index (κ2) is 7.07. The van der Waals surface area contributed by atoms with Gasteiger partial charge in [0.25, 0.3) is 0 Å². The number of nitrogens with one attached hydrogen (secondary N) is 1. The fourth-order valence-corrected chi connectivity index (χ4v) is 3.10. The summed E-state index contributed by atoms with van der Waals surface area (Å²) in [5.41, 5.74) is 5.15. The van der Waals surface area contributed by atoms with Gasteiger partial charge < -0.3 is 10.6 Å². The summed E-state index contributed by atoms with van der Waals surface area (Å²) in [6.07, 6.45) is 0. The van der Waals surface area contributed by atoms with Crippen LogP contribution in [0.1, 0.15) is 12.5 Å². The van der Waals surface area contributed by atoms with Gasteiger partial charge in [-0.25, -0.2) is 17.5 Å². The standard InChI is InChI=1S/C12H18FN3O2S2/c1-3-16(2)8-7-15-20(17,18)10-6-4-5-9(13)11(10)12(14)19/h4-6,15H,3,7-8H2,1-2H3,(H2,14,19). The number of hydrogen-bond acceptors (Lipinski definition) is 4. The molecule has 0 aliphatic rings. The van der Waals surface area contributed by atoms with E-state index < -0.39 is 15.8 Å². The van der Waals surface area contributed by atoms with Gasteiger partial charge in [-0.2, -0.15) is 0 Å². The van der Waals surface area contributed by atoms with Crippen molar-refractivity contribution < 1.29 is 12.8 Å².